The Morgan fingerprint density at radius 1 is 1.55 bits per heavy atom. The van der Waals surface area contributed by atoms with E-state index < -0.39 is 15.2 Å². The van der Waals surface area contributed by atoms with Gasteiger partial charge in [0.05, 0.1) is 0 Å². The molecule has 0 aliphatic carbocycles. The van der Waals surface area contributed by atoms with Crippen LogP contribution in [-0.2, 0) is 16.5 Å². The van der Waals surface area contributed by atoms with Gasteiger partial charge in [-0.15, -0.1) is 0 Å². The average Bonchev–Trinajstić information content (AvgIpc) is 2.32. The SMILES string of the molecule is CCc1ccc(S(=O)(=O)[O-])o1. The molecule has 0 aliphatic heterocycles. The van der Waals surface area contributed by atoms with Crippen LogP contribution < -0.4 is 0 Å². The zero-order valence-corrected chi connectivity index (χ0v) is 6.72. The number of aryl methyl sites for hydroxylation is 1. The lowest BCUT2D eigenvalue weighted by Crippen LogP contribution is -1.95. The third-order valence-electron chi connectivity index (χ3n) is 1.23. The molecule has 0 bridgehead atoms. The van der Waals surface area contributed by atoms with Crippen molar-refractivity contribution in [3.63, 3.8) is 0 Å². The molecule has 1 heterocycles. The highest BCUT2D eigenvalue weighted by Gasteiger charge is 2.05. The Hall–Kier alpha value is -0.810. The van der Waals surface area contributed by atoms with Crippen LogP contribution in [0.2, 0.25) is 0 Å². The molecular formula is C6H7O4S-. The minimum Gasteiger partial charge on any atom is -0.742 e. The van der Waals surface area contributed by atoms with Crippen molar-refractivity contribution in [1.82, 2.24) is 0 Å². The minimum absolute atomic E-state index is 0.499. The maximum absolute atomic E-state index is 10.3. The van der Waals surface area contributed by atoms with Crippen LogP contribution in [0.15, 0.2) is 21.6 Å². The molecule has 0 saturated heterocycles. The predicted octanol–water partition coefficient (Wildman–Crippen LogP) is 0.746. The molecule has 0 atom stereocenters. The molecule has 1 rings (SSSR count). The van der Waals surface area contributed by atoms with Gasteiger partial charge in [-0.25, -0.2) is 8.42 Å². The summed E-state index contributed by atoms with van der Waals surface area (Å²) in [7, 11) is -4.41. The zero-order chi connectivity index (χ0) is 8.48. The quantitative estimate of drug-likeness (QED) is 0.622. The normalized spacial score (nSPS) is 11.8. The van der Waals surface area contributed by atoms with Crippen LogP contribution in [0, 0.1) is 0 Å². The van der Waals surface area contributed by atoms with Gasteiger partial charge in [0.15, 0.2) is 10.1 Å². The Bertz CT molecular complexity index is 335. The fourth-order valence-corrected chi connectivity index (χ4v) is 1.13. The van der Waals surface area contributed by atoms with E-state index in [0.29, 0.717) is 12.2 Å². The minimum atomic E-state index is -4.41. The topological polar surface area (TPSA) is 70.3 Å². The van der Waals surface area contributed by atoms with Crippen LogP contribution >= 0.6 is 0 Å². The third kappa shape index (κ3) is 1.81. The standard InChI is InChI=1S/C6H8O4S/c1-2-5-3-4-6(10-5)11(7,8)9/h3-4H,2H2,1H3,(H,7,8,9)/p-1. The second-order valence-electron chi connectivity index (χ2n) is 2.03. The van der Waals surface area contributed by atoms with Crippen molar-refractivity contribution in [2.75, 3.05) is 0 Å². The fourth-order valence-electron chi connectivity index (χ4n) is 0.683. The Morgan fingerprint density at radius 2 is 2.18 bits per heavy atom. The van der Waals surface area contributed by atoms with Crippen LogP contribution in [0.5, 0.6) is 0 Å². The monoisotopic (exact) mass is 175 g/mol. The molecule has 4 nitrogen and oxygen atoms in total. The van der Waals surface area contributed by atoms with Crippen molar-refractivity contribution in [2.45, 2.75) is 18.4 Å². The Balaban J connectivity index is 3.09. The average molecular weight is 175 g/mol. The zero-order valence-electron chi connectivity index (χ0n) is 5.90. The van der Waals surface area contributed by atoms with E-state index in [2.05, 4.69) is 0 Å². The molecule has 0 unspecified atom stereocenters. The van der Waals surface area contributed by atoms with Gasteiger partial charge < -0.3 is 8.97 Å². The first-order valence-corrected chi connectivity index (χ1v) is 4.49. The van der Waals surface area contributed by atoms with Crippen molar-refractivity contribution in [3.05, 3.63) is 17.9 Å². The number of rotatable bonds is 2. The van der Waals surface area contributed by atoms with Crippen LogP contribution in [0.3, 0.4) is 0 Å². The molecule has 62 valence electrons. The van der Waals surface area contributed by atoms with Gasteiger partial charge in [-0.1, -0.05) is 6.92 Å². The highest BCUT2D eigenvalue weighted by Crippen LogP contribution is 2.12. The van der Waals surface area contributed by atoms with Crippen molar-refractivity contribution >= 4 is 10.1 Å². The first-order valence-electron chi connectivity index (χ1n) is 3.08. The first-order chi connectivity index (χ1) is 5.04. The van der Waals surface area contributed by atoms with Gasteiger partial charge in [0.2, 0.25) is 5.09 Å². The number of hydrogen-bond acceptors (Lipinski definition) is 4. The lowest BCUT2D eigenvalue weighted by molar-refractivity contribution is 0.380. The molecule has 5 heteroatoms. The van der Waals surface area contributed by atoms with Gasteiger partial charge >= 0.3 is 0 Å². The largest absolute Gasteiger partial charge is 0.742 e. The lowest BCUT2D eigenvalue weighted by atomic mass is 10.4. The van der Waals surface area contributed by atoms with Gasteiger partial charge in [-0.05, 0) is 12.1 Å². The van der Waals surface area contributed by atoms with Crippen molar-refractivity contribution in [2.24, 2.45) is 0 Å². The van der Waals surface area contributed by atoms with Gasteiger partial charge in [-0.2, -0.15) is 0 Å². The van der Waals surface area contributed by atoms with Crippen molar-refractivity contribution in [1.29, 1.82) is 0 Å². The first kappa shape index (κ1) is 8.29. The van der Waals surface area contributed by atoms with Crippen molar-refractivity contribution in [3.8, 4) is 0 Å². The van der Waals surface area contributed by atoms with Crippen LogP contribution in [0.4, 0.5) is 0 Å². The molecule has 0 aromatic carbocycles. The van der Waals surface area contributed by atoms with E-state index >= 15 is 0 Å². The molecule has 0 fully saturated rings. The molecule has 0 spiro atoms. The van der Waals surface area contributed by atoms with E-state index in [0.717, 1.165) is 0 Å². The second-order valence-corrected chi connectivity index (χ2v) is 3.34. The summed E-state index contributed by atoms with van der Waals surface area (Å²) in [5.41, 5.74) is 0. The highest BCUT2D eigenvalue weighted by molar-refractivity contribution is 7.85. The van der Waals surface area contributed by atoms with Gasteiger partial charge in [0.25, 0.3) is 0 Å². The maximum Gasteiger partial charge on any atom is 0.205 e. The summed E-state index contributed by atoms with van der Waals surface area (Å²) in [6.45, 7) is 1.81. The Kier molecular flexibility index (Phi) is 2.01. The molecular weight excluding hydrogens is 168 g/mol. The summed E-state index contributed by atoms with van der Waals surface area (Å²) in [4.78, 5) is 0. The molecule has 1 aromatic rings. The highest BCUT2D eigenvalue weighted by atomic mass is 32.2. The summed E-state index contributed by atoms with van der Waals surface area (Å²) in [6, 6.07) is 2.64. The molecule has 0 N–H and O–H groups in total. The second kappa shape index (κ2) is 2.67. The van der Waals surface area contributed by atoms with Gasteiger partial charge in [-0.3, -0.25) is 0 Å². The molecule has 0 radical (unpaired) electrons. The summed E-state index contributed by atoms with van der Waals surface area (Å²) in [6.07, 6.45) is 0.579. The van der Waals surface area contributed by atoms with E-state index in [1.165, 1.54) is 12.1 Å². The summed E-state index contributed by atoms with van der Waals surface area (Å²) in [5.74, 6) is 0.499. The molecule has 11 heavy (non-hydrogen) atoms. The van der Waals surface area contributed by atoms with Crippen molar-refractivity contribution < 1.29 is 17.4 Å². The van der Waals surface area contributed by atoms with Crippen LogP contribution in [-0.4, -0.2) is 13.0 Å². The predicted molar refractivity (Wildman–Crippen MR) is 36.0 cm³/mol. The number of furan rings is 1. The van der Waals surface area contributed by atoms with E-state index in [4.69, 9.17) is 4.42 Å². The van der Waals surface area contributed by atoms with E-state index in [-0.39, 0.29) is 0 Å². The van der Waals surface area contributed by atoms with E-state index in [1.54, 1.807) is 6.92 Å². The van der Waals surface area contributed by atoms with Crippen LogP contribution in [0.25, 0.3) is 0 Å². The van der Waals surface area contributed by atoms with Gasteiger partial charge in [0, 0.05) is 6.42 Å². The molecule has 0 aliphatic rings. The number of hydrogen-bond donors (Lipinski definition) is 0. The smallest absolute Gasteiger partial charge is 0.205 e. The summed E-state index contributed by atoms with van der Waals surface area (Å²) in [5, 5.41) is -0.505. The fraction of sp³-hybridized carbons (Fsp3) is 0.333. The Morgan fingerprint density at radius 3 is 2.45 bits per heavy atom. The molecule has 0 saturated carbocycles. The lowest BCUT2D eigenvalue weighted by Gasteiger charge is -2.00. The molecule has 1 aromatic heterocycles. The third-order valence-corrected chi connectivity index (χ3v) is 1.94. The maximum atomic E-state index is 10.3. The van der Waals surface area contributed by atoms with E-state index in [9.17, 15) is 13.0 Å². The Labute approximate surface area is 64.6 Å². The summed E-state index contributed by atoms with van der Waals surface area (Å²) < 4.78 is 35.6. The van der Waals surface area contributed by atoms with Gasteiger partial charge in [0.1, 0.15) is 5.76 Å². The van der Waals surface area contributed by atoms with Crippen LogP contribution in [0.1, 0.15) is 12.7 Å². The van der Waals surface area contributed by atoms with E-state index in [1.807, 2.05) is 0 Å². The summed E-state index contributed by atoms with van der Waals surface area (Å²) >= 11 is 0. The molecule has 0 amide bonds.